The zero-order valence-corrected chi connectivity index (χ0v) is 15.1. The van der Waals surface area contributed by atoms with Crippen molar-refractivity contribution in [1.82, 2.24) is 0 Å². The third-order valence-corrected chi connectivity index (χ3v) is 5.20. The Hall–Kier alpha value is -2.40. The highest BCUT2D eigenvalue weighted by molar-refractivity contribution is 7.93. The number of anilines is 1. The molecule has 0 fully saturated rings. The summed E-state index contributed by atoms with van der Waals surface area (Å²) in [5, 5.41) is 0. The number of amides is 1. The molecular formula is C19H21NO3S. The van der Waals surface area contributed by atoms with E-state index < -0.39 is 15.9 Å². The average molecular weight is 343 g/mol. The second kappa shape index (κ2) is 7.01. The Kier molecular flexibility index (Phi) is 5.24. The van der Waals surface area contributed by atoms with E-state index in [9.17, 15) is 13.2 Å². The molecule has 0 saturated heterocycles. The van der Waals surface area contributed by atoms with Gasteiger partial charge in [-0.05, 0) is 57.0 Å². The molecule has 0 aliphatic carbocycles. The van der Waals surface area contributed by atoms with Crippen molar-refractivity contribution in [2.45, 2.75) is 32.6 Å². The molecule has 0 aliphatic rings. The SMILES string of the molecule is CC(C)=CC(=O)N(c1cc(C)ccc1C)S(=O)(=O)c1ccccc1. The standard InChI is InChI=1S/C19H21NO3S/c1-14(2)12-19(21)20(18-13-15(3)10-11-16(18)4)24(22,23)17-8-6-5-7-9-17/h5-13H,1-4H3. The van der Waals surface area contributed by atoms with Crippen molar-refractivity contribution in [1.29, 1.82) is 0 Å². The molecule has 0 spiro atoms. The number of hydrogen-bond acceptors (Lipinski definition) is 3. The summed E-state index contributed by atoms with van der Waals surface area (Å²) in [6, 6.07) is 13.4. The summed E-state index contributed by atoms with van der Waals surface area (Å²) in [6.07, 6.45) is 1.34. The summed E-state index contributed by atoms with van der Waals surface area (Å²) in [7, 11) is -4.00. The Balaban J connectivity index is 2.71. The highest BCUT2D eigenvalue weighted by Crippen LogP contribution is 2.28. The van der Waals surface area contributed by atoms with E-state index in [0.29, 0.717) is 5.69 Å². The van der Waals surface area contributed by atoms with Gasteiger partial charge in [0, 0.05) is 6.08 Å². The van der Waals surface area contributed by atoms with Gasteiger partial charge in [0.25, 0.3) is 15.9 Å². The number of nitrogens with zero attached hydrogens (tertiary/aromatic N) is 1. The van der Waals surface area contributed by atoms with Gasteiger partial charge in [0.05, 0.1) is 10.6 Å². The summed E-state index contributed by atoms with van der Waals surface area (Å²) in [5.74, 6) is -0.576. The van der Waals surface area contributed by atoms with Gasteiger partial charge in [-0.25, -0.2) is 8.42 Å². The molecule has 0 aliphatic heterocycles. The van der Waals surface area contributed by atoms with Gasteiger partial charge in [0.15, 0.2) is 0 Å². The minimum atomic E-state index is -4.00. The van der Waals surface area contributed by atoms with Crippen molar-refractivity contribution in [3.8, 4) is 0 Å². The Bertz CT molecular complexity index is 880. The maximum atomic E-state index is 13.1. The Morgan fingerprint density at radius 2 is 1.62 bits per heavy atom. The zero-order chi connectivity index (χ0) is 17.9. The van der Waals surface area contributed by atoms with Gasteiger partial charge in [-0.3, -0.25) is 4.79 Å². The average Bonchev–Trinajstić information content (AvgIpc) is 2.51. The molecule has 1 amide bonds. The van der Waals surface area contributed by atoms with Crippen LogP contribution in [-0.2, 0) is 14.8 Å². The molecule has 2 rings (SSSR count). The van der Waals surface area contributed by atoms with Gasteiger partial charge < -0.3 is 0 Å². The number of allylic oxidation sites excluding steroid dienone is 1. The fourth-order valence-corrected chi connectivity index (χ4v) is 3.77. The highest BCUT2D eigenvalue weighted by atomic mass is 32.2. The van der Waals surface area contributed by atoms with Crippen LogP contribution in [0.1, 0.15) is 25.0 Å². The quantitative estimate of drug-likeness (QED) is 0.789. The molecule has 0 aromatic heterocycles. The molecule has 2 aromatic rings. The third-order valence-electron chi connectivity index (χ3n) is 3.48. The van der Waals surface area contributed by atoms with E-state index in [1.165, 1.54) is 18.2 Å². The lowest BCUT2D eigenvalue weighted by Gasteiger charge is -2.23. The number of benzene rings is 2. The number of sulfonamides is 1. The number of carbonyl (C=O) groups is 1. The van der Waals surface area contributed by atoms with E-state index >= 15 is 0 Å². The summed E-state index contributed by atoms with van der Waals surface area (Å²) in [6.45, 7) is 7.17. The lowest BCUT2D eigenvalue weighted by atomic mass is 10.1. The molecule has 126 valence electrons. The number of hydrogen-bond donors (Lipinski definition) is 0. The monoisotopic (exact) mass is 343 g/mol. The van der Waals surface area contributed by atoms with Crippen molar-refractivity contribution >= 4 is 21.6 Å². The summed E-state index contributed by atoms with van der Waals surface area (Å²) >= 11 is 0. The fraction of sp³-hybridized carbons (Fsp3) is 0.211. The predicted octanol–water partition coefficient (Wildman–Crippen LogP) is 3.99. The molecule has 0 saturated carbocycles. The van der Waals surface area contributed by atoms with Crippen molar-refractivity contribution in [2.24, 2.45) is 0 Å². The number of aryl methyl sites for hydroxylation is 2. The zero-order valence-electron chi connectivity index (χ0n) is 14.3. The Labute approximate surface area is 143 Å². The Morgan fingerprint density at radius 1 is 1.00 bits per heavy atom. The highest BCUT2D eigenvalue weighted by Gasteiger charge is 2.30. The molecule has 0 bridgehead atoms. The second-order valence-corrected chi connectivity index (χ2v) is 7.72. The molecule has 0 unspecified atom stereocenters. The maximum absolute atomic E-state index is 13.1. The molecule has 0 N–H and O–H groups in total. The van der Waals surface area contributed by atoms with E-state index in [1.54, 1.807) is 45.0 Å². The smallest absolute Gasteiger partial charge is 0.268 e. The molecule has 0 atom stereocenters. The van der Waals surface area contributed by atoms with Crippen LogP contribution in [0.25, 0.3) is 0 Å². The lowest BCUT2D eigenvalue weighted by molar-refractivity contribution is -0.113. The second-order valence-electron chi connectivity index (χ2n) is 5.93. The molecule has 4 nitrogen and oxygen atoms in total. The van der Waals surface area contributed by atoms with Gasteiger partial charge in [-0.1, -0.05) is 35.9 Å². The van der Waals surface area contributed by atoms with Crippen LogP contribution < -0.4 is 4.31 Å². The predicted molar refractivity (Wildman–Crippen MR) is 96.5 cm³/mol. The first-order valence-corrected chi connectivity index (χ1v) is 9.04. The van der Waals surface area contributed by atoms with Crippen molar-refractivity contribution < 1.29 is 13.2 Å². The van der Waals surface area contributed by atoms with Crippen LogP contribution in [-0.4, -0.2) is 14.3 Å². The van der Waals surface area contributed by atoms with E-state index in [1.807, 2.05) is 19.1 Å². The van der Waals surface area contributed by atoms with E-state index in [-0.39, 0.29) is 4.90 Å². The first kappa shape index (κ1) is 17.9. The van der Waals surface area contributed by atoms with Crippen LogP contribution in [0, 0.1) is 13.8 Å². The van der Waals surface area contributed by atoms with Gasteiger partial charge in [-0.2, -0.15) is 4.31 Å². The van der Waals surface area contributed by atoms with E-state index in [0.717, 1.165) is 21.0 Å². The van der Waals surface area contributed by atoms with Crippen molar-refractivity contribution in [3.63, 3.8) is 0 Å². The first-order chi connectivity index (χ1) is 11.2. The molecule has 0 radical (unpaired) electrons. The van der Waals surface area contributed by atoms with Crippen molar-refractivity contribution in [3.05, 3.63) is 71.3 Å². The van der Waals surface area contributed by atoms with Crippen molar-refractivity contribution in [2.75, 3.05) is 4.31 Å². The minimum Gasteiger partial charge on any atom is -0.268 e. The molecule has 5 heteroatoms. The minimum absolute atomic E-state index is 0.0846. The third kappa shape index (κ3) is 3.74. The first-order valence-electron chi connectivity index (χ1n) is 7.60. The van der Waals surface area contributed by atoms with Gasteiger partial charge in [0.2, 0.25) is 0 Å². The molecule has 24 heavy (non-hydrogen) atoms. The molecule has 2 aromatic carbocycles. The van der Waals surface area contributed by atoms with Crippen LogP contribution in [0.15, 0.2) is 65.1 Å². The van der Waals surface area contributed by atoms with Crippen LogP contribution in [0.5, 0.6) is 0 Å². The van der Waals surface area contributed by atoms with Gasteiger partial charge in [0.1, 0.15) is 0 Å². The summed E-state index contributed by atoms with van der Waals surface area (Å²) < 4.78 is 27.1. The molecule has 0 heterocycles. The van der Waals surface area contributed by atoms with Crippen LogP contribution in [0.3, 0.4) is 0 Å². The van der Waals surface area contributed by atoms with Crippen LogP contribution in [0.4, 0.5) is 5.69 Å². The number of rotatable bonds is 4. The number of carbonyl (C=O) groups excluding carboxylic acids is 1. The van der Waals surface area contributed by atoms with Crippen LogP contribution in [0.2, 0.25) is 0 Å². The fourth-order valence-electron chi connectivity index (χ4n) is 2.31. The summed E-state index contributed by atoms with van der Waals surface area (Å²) in [4.78, 5) is 12.8. The normalized spacial score (nSPS) is 11.0. The van der Waals surface area contributed by atoms with Crippen LogP contribution >= 0.6 is 0 Å². The molecular weight excluding hydrogens is 322 g/mol. The van der Waals surface area contributed by atoms with E-state index in [2.05, 4.69) is 0 Å². The van der Waals surface area contributed by atoms with Gasteiger partial charge in [-0.15, -0.1) is 0 Å². The summed E-state index contributed by atoms with van der Waals surface area (Å²) in [5.41, 5.74) is 2.71. The topological polar surface area (TPSA) is 54.5 Å². The Morgan fingerprint density at radius 3 is 2.21 bits per heavy atom. The van der Waals surface area contributed by atoms with Gasteiger partial charge >= 0.3 is 0 Å². The lowest BCUT2D eigenvalue weighted by Crippen LogP contribution is -2.36. The maximum Gasteiger partial charge on any atom is 0.271 e. The largest absolute Gasteiger partial charge is 0.271 e. The van der Waals surface area contributed by atoms with E-state index in [4.69, 9.17) is 0 Å².